The molecule has 0 amide bonds. The van der Waals surface area contributed by atoms with Gasteiger partial charge < -0.3 is 9.84 Å². The van der Waals surface area contributed by atoms with Crippen molar-refractivity contribution in [2.75, 3.05) is 0 Å². The maximum Gasteiger partial charge on any atom is 0.333 e. The van der Waals surface area contributed by atoms with Crippen molar-refractivity contribution in [1.29, 1.82) is 0 Å². The van der Waals surface area contributed by atoms with Crippen LogP contribution in [0.25, 0.3) is 0 Å². The number of fused-ring (bicyclic) bond motifs is 5. The monoisotopic (exact) mass is 414 g/mol. The summed E-state index contributed by atoms with van der Waals surface area (Å²) in [5, 5.41) is 10.3. The van der Waals surface area contributed by atoms with Gasteiger partial charge in [0.1, 0.15) is 11.9 Å². The average molecular weight is 415 g/mol. The fraction of sp³-hybridized carbons (Fsp3) is 0.769. The van der Waals surface area contributed by atoms with E-state index in [1.807, 2.05) is 6.92 Å². The molecule has 4 aliphatic rings. The van der Waals surface area contributed by atoms with Gasteiger partial charge in [-0.05, 0) is 88.9 Å². The van der Waals surface area contributed by atoms with Gasteiger partial charge in [-0.25, -0.2) is 4.79 Å². The van der Waals surface area contributed by atoms with E-state index >= 15 is 0 Å². The number of esters is 1. The van der Waals surface area contributed by atoms with E-state index in [1.165, 1.54) is 5.57 Å². The van der Waals surface area contributed by atoms with E-state index in [0.29, 0.717) is 23.3 Å². The molecule has 0 heterocycles. The third-order valence-electron chi connectivity index (χ3n) is 9.65. The number of allylic oxidation sites excluding steroid dienone is 2. The Hall–Kier alpha value is -1.42. The highest BCUT2D eigenvalue weighted by Crippen LogP contribution is 2.66. The van der Waals surface area contributed by atoms with Crippen LogP contribution in [0.1, 0.15) is 79.6 Å². The van der Waals surface area contributed by atoms with Crippen molar-refractivity contribution in [1.82, 2.24) is 0 Å². The Bertz CT molecular complexity index is 795. The molecule has 4 rings (SSSR count). The second kappa shape index (κ2) is 7.62. The van der Waals surface area contributed by atoms with Crippen LogP contribution in [0.15, 0.2) is 23.3 Å². The van der Waals surface area contributed by atoms with Gasteiger partial charge in [0.2, 0.25) is 0 Å². The lowest BCUT2D eigenvalue weighted by Crippen LogP contribution is -2.57. The summed E-state index contributed by atoms with van der Waals surface area (Å²) in [7, 11) is 0. The van der Waals surface area contributed by atoms with Crippen LogP contribution in [-0.4, -0.2) is 29.1 Å². The molecule has 0 aromatic rings. The lowest BCUT2D eigenvalue weighted by atomic mass is 9.46. The highest BCUT2D eigenvalue weighted by atomic mass is 16.5. The van der Waals surface area contributed by atoms with Crippen LogP contribution >= 0.6 is 0 Å². The van der Waals surface area contributed by atoms with E-state index < -0.39 is 0 Å². The Morgan fingerprint density at radius 1 is 1.17 bits per heavy atom. The summed E-state index contributed by atoms with van der Waals surface area (Å²) in [5.74, 6) is 1.33. The molecule has 8 atom stereocenters. The van der Waals surface area contributed by atoms with Crippen LogP contribution in [0.3, 0.4) is 0 Å². The molecule has 4 aliphatic carbocycles. The predicted octanol–water partition coefficient (Wildman–Crippen LogP) is 5.00. The third-order valence-corrected chi connectivity index (χ3v) is 9.65. The van der Waals surface area contributed by atoms with Crippen LogP contribution in [-0.2, 0) is 14.3 Å². The zero-order valence-electron chi connectivity index (χ0n) is 19.2. The molecule has 0 radical (unpaired) electrons. The Labute approximate surface area is 181 Å². The van der Waals surface area contributed by atoms with Crippen molar-refractivity contribution in [3.05, 3.63) is 23.3 Å². The number of hydrogen-bond donors (Lipinski definition) is 1. The minimum atomic E-state index is -0.285. The summed E-state index contributed by atoms with van der Waals surface area (Å²) in [6.45, 7) is 9.97. The number of carbonyl (C=O) groups is 2. The van der Waals surface area contributed by atoms with E-state index in [-0.39, 0.29) is 40.7 Å². The van der Waals surface area contributed by atoms with E-state index in [1.54, 1.807) is 19.9 Å². The second-order valence-corrected chi connectivity index (χ2v) is 10.9. The number of ketones is 1. The molecule has 4 heteroatoms. The van der Waals surface area contributed by atoms with Gasteiger partial charge in [0.15, 0.2) is 0 Å². The lowest BCUT2D eigenvalue weighted by Gasteiger charge is -2.59. The molecule has 0 aliphatic heterocycles. The number of aliphatic hydroxyl groups is 1. The van der Waals surface area contributed by atoms with Crippen molar-refractivity contribution in [3.63, 3.8) is 0 Å². The van der Waals surface area contributed by atoms with Gasteiger partial charge >= 0.3 is 5.97 Å². The van der Waals surface area contributed by atoms with Crippen LogP contribution in [0, 0.1) is 34.5 Å². The molecule has 0 aromatic heterocycles. The van der Waals surface area contributed by atoms with Crippen LogP contribution in [0.4, 0.5) is 0 Å². The van der Waals surface area contributed by atoms with Gasteiger partial charge in [0.05, 0.1) is 6.10 Å². The number of rotatable bonds is 3. The maximum atomic E-state index is 12.8. The SMILES string of the molecule is C/C=C(\C)C(=O)O[C@@H]1CC2C(CC=C3C[C@@H](O)CC[C@@]32C)C2CCC(C(C)=O)[C@]21C. The normalized spacial score (nSPS) is 45.7. The molecule has 1 N–H and O–H groups in total. The third kappa shape index (κ3) is 3.13. The van der Waals surface area contributed by atoms with Crippen molar-refractivity contribution in [2.24, 2.45) is 34.5 Å². The number of ether oxygens (including phenoxy) is 1. The molecule has 30 heavy (non-hydrogen) atoms. The Kier molecular flexibility index (Phi) is 5.53. The Morgan fingerprint density at radius 2 is 1.90 bits per heavy atom. The summed E-state index contributed by atoms with van der Waals surface area (Å²) in [5.41, 5.74) is 1.82. The first-order valence-corrected chi connectivity index (χ1v) is 11.8. The molecule has 3 fully saturated rings. The van der Waals surface area contributed by atoms with Gasteiger partial charge in [0.25, 0.3) is 0 Å². The van der Waals surface area contributed by atoms with E-state index in [2.05, 4.69) is 19.9 Å². The number of carbonyl (C=O) groups excluding carboxylic acids is 2. The van der Waals surface area contributed by atoms with Gasteiger partial charge in [-0.15, -0.1) is 0 Å². The molecule has 0 saturated heterocycles. The Morgan fingerprint density at radius 3 is 2.57 bits per heavy atom. The molecule has 166 valence electrons. The molecule has 3 saturated carbocycles. The molecule has 0 aromatic carbocycles. The van der Waals surface area contributed by atoms with Gasteiger partial charge in [-0.1, -0.05) is 31.6 Å². The molecule has 0 spiro atoms. The number of hydrogen-bond acceptors (Lipinski definition) is 4. The summed E-state index contributed by atoms with van der Waals surface area (Å²) >= 11 is 0. The van der Waals surface area contributed by atoms with Crippen LogP contribution in [0.5, 0.6) is 0 Å². The summed E-state index contributed by atoms with van der Waals surface area (Å²) in [6, 6.07) is 0. The highest BCUT2D eigenvalue weighted by Gasteiger charge is 2.64. The standard InChI is InChI=1S/C26H38O4/c1-6-15(2)24(29)30-23-14-22-19(21-10-9-20(16(3)27)26(21,23)5)8-7-17-13-18(28)11-12-25(17,22)4/h6-7,18-23,28H,8-14H2,1-5H3/b15-6+/t18-,19?,20?,21?,22?,23+,25-,26+/m0/s1. The summed E-state index contributed by atoms with van der Waals surface area (Å²) in [6.07, 6.45) is 10.2. The zero-order chi connectivity index (χ0) is 21.8. The van der Waals surface area contributed by atoms with Crippen molar-refractivity contribution in [2.45, 2.75) is 91.8 Å². The molecule has 0 bridgehead atoms. The highest BCUT2D eigenvalue weighted by molar-refractivity contribution is 5.88. The van der Waals surface area contributed by atoms with Gasteiger partial charge in [0, 0.05) is 16.9 Å². The van der Waals surface area contributed by atoms with Gasteiger partial charge in [-0.3, -0.25) is 4.79 Å². The average Bonchev–Trinajstić information content (AvgIpc) is 3.07. The molecule has 4 nitrogen and oxygen atoms in total. The Balaban J connectivity index is 1.73. The van der Waals surface area contributed by atoms with Crippen molar-refractivity contribution < 1.29 is 19.4 Å². The molecular formula is C26H38O4. The fourth-order valence-corrected chi connectivity index (χ4v) is 7.76. The fourth-order valence-electron chi connectivity index (χ4n) is 7.76. The lowest BCUT2D eigenvalue weighted by molar-refractivity contribution is -0.177. The first-order chi connectivity index (χ1) is 14.1. The number of aliphatic hydroxyl groups excluding tert-OH is 1. The first kappa shape index (κ1) is 21.8. The minimum Gasteiger partial charge on any atom is -0.458 e. The smallest absolute Gasteiger partial charge is 0.333 e. The predicted molar refractivity (Wildman–Crippen MR) is 117 cm³/mol. The summed E-state index contributed by atoms with van der Waals surface area (Å²) in [4.78, 5) is 25.4. The summed E-state index contributed by atoms with van der Waals surface area (Å²) < 4.78 is 6.21. The largest absolute Gasteiger partial charge is 0.458 e. The topological polar surface area (TPSA) is 63.6 Å². The van der Waals surface area contributed by atoms with Crippen LogP contribution in [0.2, 0.25) is 0 Å². The maximum absolute atomic E-state index is 12.8. The van der Waals surface area contributed by atoms with Crippen LogP contribution < -0.4 is 0 Å². The minimum absolute atomic E-state index is 0.0291. The van der Waals surface area contributed by atoms with E-state index in [4.69, 9.17) is 4.74 Å². The molecular weight excluding hydrogens is 376 g/mol. The molecule has 4 unspecified atom stereocenters. The van der Waals surface area contributed by atoms with Crippen molar-refractivity contribution in [3.8, 4) is 0 Å². The zero-order valence-corrected chi connectivity index (χ0v) is 19.2. The van der Waals surface area contributed by atoms with E-state index in [0.717, 1.165) is 44.9 Å². The van der Waals surface area contributed by atoms with E-state index in [9.17, 15) is 14.7 Å². The quantitative estimate of drug-likeness (QED) is 0.401. The van der Waals surface area contributed by atoms with Crippen molar-refractivity contribution >= 4 is 11.8 Å². The number of Topliss-reactive ketones (excluding diaryl/α,β-unsaturated/α-hetero) is 1. The van der Waals surface area contributed by atoms with Gasteiger partial charge in [-0.2, -0.15) is 0 Å². The second-order valence-electron chi connectivity index (χ2n) is 10.9. The first-order valence-electron chi connectivity index (χ1n) is 11.8.